The van der Waals surface area contributed by atoms with Gasteiger partial charge in [-0.05, 0) is 44.0 Å². The summed E-state index contributed by atoms with van der Waals surface area (Å²) in [5.41, 5.74) is 1.94. The van der Waals surface area contributed by atoms with E-state index in [1.165, 1.54) is 0 Å². The van der Waals surface area contributed by atoms with E-state index >= 15 is 0 Å². The van der Waals surface area contributed by atoms with E-state index in [1.54, 1.807) is 27.0 Å². The number of aromatic nitrogens is 2. The molecular formula is C23H25BrN4O3. The zero-order valence-corrected chi connectivity index (χ0v) is 19.2. The lowest BCUT2D eigenvalue weighted by molar-refractivity contribution is -0.118. The Kier molecular flexibility index (Phi) is 7.12. The highest BCUT2D eigenvalue weighted by atomic mass is 79.9. The first-order valence-corrected chi connectivity index (χ1v) is 10.6. The van der Waals surface area contributed by atoms with Crippen molar-refractivity contribution in [3.05, 3.63) is 70.8 Å². The molecule has 0 aliphatic rings. The fourth-order valence-corrected chi connectivity index (χ4v) is 3.14. The first-order chi connectivity index (χ1) is 14.7. The molecule has 8 heteroatoms. The lowest BCUT2D eigenvalue weighted by Crippen LogP contribution is -2.47. The maximum atomic E-state index is 13.0. The van der Waals surface area contributed by atoms with Crippen molar-refractivity contribution in [3.63, 3.8) is 0 Å². The van der Waals surface area contributed by atoms with Crippen LogP contribution in [0, 0.1) is 0 Å². The van der Waals surface area contributed by atoms with Crippen LogP contribution in [0.25, 0.3) is 11.3 Å². The van der Waals surface area contributed by atoms with Gasteiger partial charge in [-0.1, -0.05) is 58.4 Å². The monoisotopic (exact) mass is 484 g/mol. The fraction of sp³-hybridized carbons (Fsp3) is 0.261. The minimum atomic E-state index is -0.835. The van der Waals surface area contributed by atoms with Crippen molar-refractivity contribution in [1.29, 1.82) is 0 Å². The maximum Gasteiger partial charge on any atom is 0.408 e. The van der Waals surface area contributed by atoms with Crippen LogP contribution in [-0.2, 0) is 16.0 Å². The van der Waals surface area contributed by atoms with Crippen molar-refractivity contribution in [3.8, 4) is 11.3 Å². The van der Waals surface area contributed by atoms with E-state index < -0.39 is 23.6 Å². The second-order valence-corrected chi connectivity index (χ2v) is 8.95. The largest absolute Gasteiger partial charge is 0.444 e. The van der Waals surface area contributed by atoms with E-state index in [9.17, 15) is 9.59 Å². The van der Waals surface area contributed by atoms with Gasteiger partial charge in [0.1, 0.15) is 11.6 Å². The molecule has 31 heavy (non-hydrogen) atoms. The molecule has 1 aromatic heterocycles. The molecule has 3 aromatic rings. The molecule has 0 saturated heterocycles. The Balaban J connectivity index is 1.73. The molecule has 0 saturated carbocycles. The summed E-state index contributed by atoms with van der Waals surface area (Å²) in [7, 11) is 0. The number of hydrogen-bond donors (Lipinski definition) is 3. The van der Waals surface area contributed by atoms with Crippen LogP contribution in [0.5, 0.6) is 0 Å². The van der Waals surface area contributed by atoms with Gasteiger partial charge in [-0.2, -0.15) is 0 Å². The molecule has 0 fully saturated rings. The summed E-state index contributed by atoms with van der Waals surface area (Å²) in [5, 5.41) is 5.41. The molecule has 0 spiro atoms. The topological polar surface area (TPSA) is 96.1 Å². The summed E-state index contributed by atoms with van der Waals surface area (Å²) in [5.74, 6) is -0.0987. The number of benzene rings is 2. The van der Waals surface area contributed by atoms with Crippen molar-refractivity contribution in [1.82, 2.24) is 15.3 Å². The van der Waals surface area contributed by atoms with Crippen LogP contribution in [0.15, 0.2) is 65.3 Å². The van der Waals surface area contributed by atoms with E-state index in [0.29, 0.717) is 12.4 Å². The van der Waals surface area contributed by atoms with Crippen LogP contribution in [0.1, 0.15) is 26.3 Å². The maximum absolute atomic E-state index is 13.0. The van der Waals surface area contributed by atoms with Gasteiger partial charge in [0.05, 0.1) is 11.9 Å². The van der Waals surface area contributed by atoms with Gasteiger partial charge in [-0.25, -0.2) is 9.78 Å². The molecule has 0 aliphatic heterocycles. The number of alkyl carbamates (subject to hydrolysis) is 1. The van der Waals surface area contributed by atoms with E-state index in [-0.39, 0.29) is 0 Å². The Labute approximate surface area is 189 Å². The predicted octanol–water partition coefficient (Wildman–Crippen LogP) is 4.91. The van der Waals surface area contributed by atoms with Crippen LogP contribution >= 0.6 is 15.9 Å². The number of hydrogen-bond acceptors (Lipinski definition) is 4. The number of nitrogens with one attached hydrogen (secondary N) is 3. The first kappa shape index (κ1) is 22.6. The Hall–Kier alpha value is -3.13. The summed E-state index contributed by atoms with van der Waals surface area (Å²) in [6.07, 6.45) is 1.30. The fourth-order valence-electron chi connectivity index (χ4n) is 2.87. The van der Waals surface area contributed by atoms with E-state index in [0.717, 1.165) is 21.3 Å². The van der Waals surface area contributed by atoms with Gasteiger partial charge >= 0.3 is 6.09 Å². The molecule has 2 amide bonds. The Morgan fingerprint density at radius 2 is 1.77 bits per heavy atom. The summed E-state index contributed by atoms with van der Waals surface area (Å²) in [4.78, 5) is 32.6. The molecule has 0 bridgehead atoms. The summed E-state index contributed by atoms with van der Waals surface area (Å²) in [6.45, 7) is 5.31. The molecule has 3 N–H and O–H groups in total. The Bertz CT molecular complexity index is 1030. The van der Waals surface area contributed by atoms with Crippen molar-refractivity contribution in [2.75, 3.05) is 5.32 Å². The minimum Gasteiger partial charge on any atom is -0.444 e. The number of halogens is 1. The van der Waals surface area contributed by atoms with E-state index in [1.807, 2.05) is 54.6 Å². The lowest BCUT2D eigenvalue weighted by atomic mass is 10.1. The van der Waals surface area contributed by atoms with Gasteiger partial charge in [-0.15, -0.1) is 0 Å². The van der Waals surface area contributed by atoms with E-state index in [2.05, 4.69) is 36.5 Å². The van der Waals surface area contributed by atoms with Crippen LogP contribution in [0.2, 0.25) is 0 Å². The quantitative estimate of drug-likeness (QED) is 0.462. The van der Waals surface area contributed by atoms with Crippen molar-refractivity contribution < 1.29 is 14.3 Å². The van der Waals surface area contributed by atoms with Crippen molar-refractivity contribution >= 4 is 33.9 Å². The van der Waals surface area contributed by atoms with Crippen LogP contribution in [0.3, 0.4) is 0 Å². The van der Waals surface area contributed by atoms with E-state index in [4.69, 9.17) is 4.74 Å². The molecule has 162 valence electrons. The van der Waals surface area contributed by atoms with Crippen molar-refractivity contribution in [2.45, 2.75) is 38.8 Å². The Morgan fingerprint density at radius 1 is 1.10 bits per heavy atom. The highest BCUT2D eigenvalue weighted by Gasteiger charge is 2.25. The second kappa shape index (κ2) is 9.78. The minimum absolute atomic E-state index is 0.298. The molecule has 2 aromatic carbocycles. The number of rotatable bonds is 6. The standard InChI is InChI=1S/C23H25BrN4O3/c1-23(2,3)31-22(30)27-18(13-15-7-5-4-6-8-15)20(29)28-21-25-14-19(26-21)16-9-11-17(24)12-10-16/h4-12,14,18H,13H2,1-3H3,(H,27,30)(H2,25,26,28,29). The Morgan fingerprint density at radius 3 is 2.42 bits per heavy atom. The second-order valence-electron chi connectivity index (χ2n) is 8.03. The predicted molar refractivity (Wildman–Crippen MR) is 124 cm³/mol. The number of amides is 2. The SMILES string of the molecule is CC(C)(C)OC(=O)NC(Cc1ccccc1)C(=O)Nc1ncc(-c2ccc(Br)cc2)[nH]1. The van der Waals surface area contributed by atoms with Gasteiger partial charge < -0.3 is 15.0 Å². The number of anilines is 1. The smallest absolute Gasteiger partial charge is 0.408 e. The van der Waals surface area contributed by atoms with Crippen molar-refractivity contribution in [2.24, 2.45) is 0 Å². The average molecular weight is 485 g/mol. The summed E-state index contributed by atoms with van der Waals surface area (Å²) < 4.78 is 6.29. The molecular weight excluding hydrogens is 460 g/mol. The van der Waals surface area contributed by atoms with Crippen LogP contribution in [0.4, 0.5) is 10.7 Å². The normalized spacial score (nSPS) is 12.1. The average Bonchev–Trinajstić information content (AvgIpc) is 3.16. The third-order valence-corrected chi connectivity index (χ3v) is 4.79. The summed E-state index contributed by atoms with van der Waals surface area (Å²) in [6, 6.07) is 16.3. The molecule has 1 atom stereocenters. The molecule has 7 nitrogen and oxygen atoms in total. The zero-order chi connectivity index (χ0) is 22.4. The molecule has 3 rings (SSSR count). The number of ether oxygens (including phenoxy) is 1. The number of carbonyl (C=O) groups excluding carboxylic acids is 2. The molecule has 0 aliphatic carbocycles. The van der Waals surface area contributed by atoms with Gasteiger partial charge in [-0.3, -0.25) is 10.1 Å². The third-order valence-electron chi connectivity index (χ3n) is 4.26. The van der Waals surface area contributed by atoms with Gasteiger partial charge in [0.25, 0.3) is 0 Å². The van der Waals surface area contributed by atoms with Gasteiger partial charge in [0, 0.05) is 10.9 Å². The number of imidazole rings is 1. The first-order valence-electron chi connectivity index (χ1n) is 9.85. The van der Waals surface area contributed by atoms with Crippen LogP contribution in [-0.4, -0.2) is 33.6 Å². The summed E-state index contributed by atoms with van der Waals surface area (Å²) >= 11 is 3.41. The lowest BCUT2D eigenvalue weighted by Gasteiger charge is -2.23. The van der Waals surface area contributed by atoms with Gasteiger partial charge in [0.2, 0.25) is 11.9 Å². The van der Waals surface area contributed by atoms with Gasteiger partial charge in [0.15, 0.2) is 0 Å². The molecule has 1 heterocycles. The third kappa shape index (κ3) is 6.96. The number of H-pyrrole nitrogens is 1. The zero-order valence-electron chi connectivity index (χ0n) is 17.6. The number of aromatic amines is 1. The highest BCUT2D eigenvalue weighted by Crippen LogP contribution is 2.21. The number of carbonyl (C=O) groups is 2. The molecule has 0 radical (unpaired) electrons. The van der Waals surface area contributed by atoms with Crippen LogP contribution < -0.4 is 10.6 Å². The molecule has 1 unspecified atom stereocenters. The number of nitrogens with zero attached hydrogens (tertiary/aromatic N) is 1. The highest BCUT2D eigenvalue weighted by molar-refractivity contribution is 9.10.